The summed E-state index contributed by atoms with van der Waals surface area (Å²) in [7, 11) is 0. The molecule has 1 aromatic rings. The van der Waals surface area contributed by atoms with Crippen molar-refractivity contribution >= 4 is 17.5 Å². The topological polar surface area (TPSA) is 52.3 Å². The van der Waals surface area contributed by atoms with E-state index < -0.39 is 12.0 Å². The second-order valence-electron chi connectivity index (χ2n) is 3.20. The lowest BCUT2D eigenvalue weighted by atomic mass is 10.2. The standard InChI is InChI=1S/C11H14ClNO2/c1-2-10(11(13)14)15-7-8-5-3-4-6-9(8)12/h3-6,10H,2,7H2,1H3,(H2,13,14). The van der Waals surface area contributed by atoms with Gasteiger partial charge in [0.05, 0.1) is 6.61 Å². The number of amides is 1. The first-order valence-electron chi connectivity index (χ1n) is 4.79. The van der Waals surface area contributed by atoms with E-state index in [9.17, 15) is 4.79 Å². The first-order valence-corrected chi connectivity index (χ1v) is 5.17. The van der Waals surface area contributed by atoms with E-state index >= 15 is 0 Å². The average Bonchev–Trinajstić information content (AvgIpc) is 2.21. The smallest absolute Gasteiger partial charge is 0.246 e. The molecular weight excluding hydrogens is 214 g/mol. The van der Waals surface area contributed by atoms with Gasteiger partial charge in [0, 0.05) is 5.02 Å². The zero-order valence-corrected chi connectivity index (χ0v) is 9.33. The van der Waals surface area contributed by atoms with Crippen LogP contribution < -0.4 is 5.73 Å². The summed E-state index contributed by atoms with van der Waals surface area (Å²) in [6.45, 7) is 2.16. The number of hydrogen-bond acceptors (Lipinski definition) is 2. The van der Waals surface area contributed by atoms with Crippen LogP contribution in [-0.2, 0) is 16.1 Å². The van der Waals surface area contributed by atoms with Crippen molar-refractivity contribution in [3.63, 3.8) is 0 Å². The number of halogens is 1. The highest BCUT2D eigenvalue weighted by atomic mass is 35.5. The fourth-order valence-electron chi connectivity index (χ4n) is 1.21. The van der Waals surface area contributed by atoms with Crippen LogP contribution in [0.4, 0.5) is 0 Å². The molecular formula is C11H14ClNO2. The van der Waals surface area contributed by atoms with Crippen LogP contribution >= 0.6 is 11.6 Å². The summed E-state index contributed by atoms with van der Waals surface area (Å²) in [6, 6.07) is 7.36. The monoisotopic (exact) mass is 227 g/mol. The molecule has 0 spiro atoms. The molecule has 0 bridgehead atoms. The van der Waals surface area contributed by atoms with E-state index in [1.807, 2.05) is 25.1 Å². The highest BCUT2D eigenvalue weighted by Crippen LogP contribution is 2.16. The first kappa shape index (κ1) is 12.0. The van der Waals surface area contributed by atoms with Crippen LogP contribution in [0.15, 0.2) is 24.3 Å². The highest BCUT2D eigenvalue weighted by molar-refractivity contribution is 6.31. The van der Waals surface area contributed by atoms with Gasteiger partial charge in [-0.15, -0.1) is 0 Å². The Hall–Kier alpha value is -1.06. The molecule has 0 aromatic heterocycles. The van der Waals surface area contributed by atoms with Crippen LogP contribution in [0.5, 0.6) is 0 Å². The lowest BCUT2D eigenvalue weighted by Gasteiger charge is -2.12. The molecule has 15 heavy (non-hydrogen) atoms. The third kappa shape index (κ3) is 3.53. The van der Waals surface area contributed by atoms with Gasteiger partial charge in [0.1, 0.15) is 6.10 Å². The number of primary amides is 1. The Morgan fingerprint density at radius 2 is 2.20 bits per heavy atom. The number of nitrogens with two attached hydrogens (primary N) is 1. The Bertz CT molecular complexity index is 341. The molecule has 3 nitrogen and oxygen atoms in total. The number of carbonyl (C=O) groups excluding carboxylic acids is 1. The lowest BCUT2D eigenvalue weighted by molar-refractivity contribution is -0.130. The van der Waals surface area contributed by atoms with Gasteiger partial charge in [0.2, 0.25) is 5.91 Å². The normalized spacial score (nSPS) is 12.4. The Morgan fingerprint density at radius 3 is 2.73 bits per heavy atom. The SMILES string of the molecule is CCC(OCc1ccccc1Cl)C(N)=O. The Morgan fingerprint density at radius 1 is 1.53 bits per heavy atom. The molecule has 0 heterocycles. The van der Waals surface area contributed by atoms with Gasteiger partial charge in [0.15, 0.2) is 0 Å². The van der Waals surface area contributed by atoms with E-state index in [0.717, 1.165) is 5.56 Å². The second kappa shape index (κ2) is 5.73. The molecule has 0 fully saturated rings. The van der Waals surface area contributed by atoms with Crippen LogP contribution in [0.25, 0.3) is 0 Å². The fourth-order valence-corrected chi connectivity index (χ4v) is 1.40. The van der Waals surface area contributed by atoms with E-state index in [-0.39, 0.29) is 0 Å². The van der Waals surface area contributed by atoms with Crippen molar-refractivity contribution in [1.29, 1.82) is 0 Å². The minimum Gasteiger partial charge on any atom is -0.367 e. The minimum atomic E-state index is -0.540. The Balaban J connectivity index is 2.56. The number of ether oxygens (including phenoxy) is 1. The highest BCUT2D eigenvalue weighted by Gasteiger charge is 2.13. The molecule has 0 aliphatic heterocycles. The van der Waals surface area contributed by atoms with E-state index in [4.69, 9.17) is 22.1 Å². The van der Waals surface area contributed by atoms with Gasteiger partial charge in [-0.3, -0.25) is 4.79 Å². The molecule has 82 valence electrons. The molecule has 1 aromatic carbocycles. The molecule has 0 saturated heterocycles. The summed E-state index contributed by atoms with van der Waals surface area (Å²) >= 11 is 5.93. The summed E-state index contributed by atoms with van der Waals surface area (Å²) in [5.74, 6) is -0.440. The summed E-state index contributed by atoms with van der Waals surface area (Å²) in [4.78, 5) is 10.9. The van der Waals surface area contributed by atoms with Crippen LogP contribution in [0, 0.1) is 0 Å². The molecule has 0 saturated carbocycles. The molecule has 0 aliphatic rings. The minimum absolute atomic E-state index is 0.307. The van der Waals surface area contributed by atoms with Crippen molar-refractivity contribution in [3.05, 3.63) is 34.9 Å². The van der Waals surface area contributed by atoms with Crippen LogP contribution in [0.2, 0.25) is 5.02 Å². The van der Waals surface area contributed by atoms with Crippen molar-refractivity contribution in [1.82, 2.24) is 0 Å². The van der Waals surface area contributed by atoms with Gasteiger partial charge in [0.25, 0.3) is 0 Å². The van der Waals surface area contributed by atoms with Crippen molar-refractivity contribution < 1.29 is 9.53 Å². The molecule has 4 heteroatoms. The summed E-state index contributed by atoms with van der Waals surface area (Å²) in [5, 5.41) is 0.636. The summed E-state index contributed by atoms with van der Waals surface area (Å²) < 4.78 is 5.36. The average molecular weight is 228 g/mol. The summed E-state index contributed by atoms with van der Waals surface area (Å²) in [6.07, 6.45) is 0.0287. The van der Waals surface area contributed by atoms with Crippen molar-refractivity contribution in [2.75, 3.05) is 0 Å². The zero-order chi connectivity index (χ0) is 11.3. The number of benzene rings is 1. The number of hydrogen-bond donors (Lipinski definition) is 1. The van der Waals surface area contributed by atoms with E-state index in [1.54, 1.807) is 6.07 Å². The van der Waals surface area contributed by atoms with Crippen LogP contribution in [0.1, 0.15) is 18.9 Å². The largest absolute Gasteiger partial charge is 0.367 e. The van der Waals surface area contributed by atoms with Crippen molar-refractivity contribution in [2.24, 2.45) is 5.73 Å². The number of carbonyl (C=O) groups is 1. The van der Waals surface area contributed by atoms with Crippen molar-refractivity contribution in [3.8, 4) is 0 Å². The third-order valence-corrected chi connectivity index (χ3v) is 2.45. The maximum atomic E-state index is 10.9. The molecule has 1 atom stereocenters. The maximum absolute atomic E-state index is 10.9. The molecule has 0 radical (unpaired) electrons. The van der Waals surface area contributed by atoms with Gasteiger partial charge < -0.3 is 10.5 Å². The quantitative estimate of drug-likeness (QED) is 0.838. The molecule has 1 rings (SSSR count). The predicted molar refractivity (Wildman–Crippen MR) is 59.5 cm³/mol. The van der Waals surface area contributed by atoms with Crippen molar-refractivity contribution in [2.45, 2.75) is 26.1 Å². The Kier molecular flexibility index (Phi) is 4.59. The number of rotatable bonds is 5. The van der Waals surface area contributed by atoms with Crippen LogP contribution in [0.3, 0.4) is 0 Å². The van der Waals surface area contributed by atoms with E-state index in [0.29, 0.717) is 18.1 Å². The Labute approximate surface area is 94.2 Å². The molecule has 0 aliphatic carbocycles. The molecule has 1 amide bonds. The second-order valence-corrected chi connectivity index (χ2v) is 3.61. The zero-order valence-electron chi connectivity index (χ0n) is 8.57. The van der Waals surface area contributed by atoms with Gasteiger partial charge >= 0.3 is 0 Å². The first-order chi connectivity index (χ1) is 7.15. The van der Waals surface area contributed by atoms with E-state index in [1.165, 1.54) is 0 Å². The van der Waals surface area contributed by atoms with Gasteiger partial charge in [-0.25, -0.2) is 0 Å². The summed E-state index contributed by atoms with van der Waals surface area (Å²) in [5.41, 5.74) is 6.01. The van der Waals surface area contributed by atoms with Gasteiger partial charge in [-0.1, -0.05) is 36.7 Å². The molecule has 2 N–H and O–H groups in total. The van der Waals surface area contributed by atoms with Gasteiger partial charge in [-0.05, 0) is 18.1 Å². The van der Waals surface area contributed by atoms with Crippen LogP contribution in [-0.4, -0.2) is 12.0 Å². The fraction of sp³-hybridized carbons (Fsp3) is 0.364. The predicted octanol–water partition coefficient (Wildman–Crippen LogP) is 2.12. The molecule has 1 unspecified atom stereocenters. The lowest BCUT2D eigenvalue weighted by Crippen LogP contribution is -2.30. The van der Waals surface area contributed by atoms with E-state index in [2.05, 4.69) is 0 Å². The third-order valence-electron chi connectivity index (χ3n) is 2.09. The van der Waals surface area contributed by atoms with Gasteiger partial charge in [-0.2, -0.15) is 0 Å². The maximum Gasteiger partial charge on any atom is 0.246 e.